The minimum absolute atomic E-state index is 0.116. The number of anilines is 1. The highest BCUT2D eigenvalue weighted by atomic mass is 19.1. The lowest BCUT2D eigenvalue weighted by Gasteiger charge is -2.47. The molecule has 2 fully saturated rings. The number of likely N-dealkylation sites (tertiary alicyclic amines) is 1. The fraction of sp³-hybridized carbons (Fsp3) is 0.500. The molecule has 30 heavy (non-hydrogen) atoms. The fourth-order valence-electron chi connectivity index (χ4n) is 3.98. The Labute approximate surface area is 173 Å². The zero-order valence-corrected chi connectivity index (χ0v) is 16.5. The summed E-state index contributed by atoms with van der Waals surface area (Å²) in [5.41, 5.74) is 5.03. The molecule has 160 valence electrons. The van der Waals surface area contributed by atoms with Crippen LogP contribution in [0.3, 0.4) is 0 Å². The predicted molar refractivity (Wildman–Crippen MR) is 108 cm³/mol. The van der Waals surface area contributed by atoms with Gasteiger partial charge in [0.05, 0.1) is 18.1 Å². The number of carbonyl (C=O) groups is 1. The van der Waals surface area contributed by atoms with E-state index in [-0.39, 0.29) is 23.5 Å². The molecule has 0 radical (unpaired) electrons. The molecule has 1 aliphatic carbocycles. The van der Waals surface area contributed by atoms with E-state index in [1.807, 2.05) is 0 Å². The van der Waals surface area contributed by atoms with Crippen LogP contribution in [0, 0.1) is 22.7 Å². The number of nitrogens with one attached hydrogen (secondary N) is 3. The number of nitrogens with two attached hydrogens (primary N) is 1. The zero-order valence-electron chi connectivity index (χ0n) is 16.5. The van der Waals surface area contributed by atoms with Gasteiger partial charge in [0.1, 0.15) is 12.0 Å². The topological polar surface area (TPSA) is 131 Å². The van der Waals surface area contributed by atoms with E-state index in [1.165, 1.54) is 18.5 Å². The van der Waals surface area contributed by atoms with Crippen molar-refractivity contribution in [3.05, 3.63) is 36.1 Å². The molecule has 1 aliphatic heterocycles. The van der Waals surface area contributed by atoms with E-state index < -0.39 is 23.6 Å². The quantitative estimate of drug-likeness (QED) is 0.232. The maximum atomic E-state index is 13.2. The number of alkyl halides is 1. The third-order valence-corrected chi connectivity index (χ3v) is 5.76. The Kier molecular flexibility index (Phi) is 6.62. The van der Waals surface area contributed by atoms with Gasteiger partial charge in [-0.15, -0.1) is 0 Å². The number of hydrogen-bond acceptors (Lipinski definition) is 6. The highest BCUT2D eigenvalue weighted by Gasteiger charge is 2.40. The molecule has 0 bridgehead atoms. The van der Waals surface area contributed by atoms with Crippen LogP contribution in [0.5, 0.6) is 0 Å². The van der Waals surface area contributed by atoms with Gasteiger partial charge < -0.3 is 16.4 Å². The van der Waals surface area contributed by atoms with Gasteiger partial charge in [-0.1, -0.05) is 0 Å². The molecule has 2 aliphatic rings. The second kappa shape index (κ2) is 9.17. The minimum atomic E-state index is -0.829. The van der Waals surface area contributed by atoms with Crippen molar-refractivity contribution in [3.8, 4) is 6.07 Å². The molecular weight excluding hydrogens is 392 g/mol. The predicted octanol–water partition coefficient (Wildman–Crippen LogP) is 1.82. The van der Waals surface area contributed by atoms with Crippen LogP contribution in [0.15, 0.2) is 30.1 Å². The standard InChI is InChI=1S/C20H25F2N7O/c21-13-11-29(12-13)15-1-4-20(5-2-15,6-7-23)27-10-16(19(25)30)18(24)28-14-3-8-26-17(22)9-14/h3,8-10,13,15,27H,1-2,4-6,11-12H2,(H2,25,30)(H2,24,26,28)/b16-10+. The van der Waals surface area contributed by atoms with Crippen LogP contribution >= 0.6 is 0 Å². The number of rotatable bonds is 7. The highest BCUT2D eigenvalue weighted by molar-refractivity contribution is 6.23. The van der Waals surface area contributed by atoms with E-state index in [1.54, 1.807) is 0 Å². The summed E-state index contributed by atoms with van der Waals surface area (Å²) in [5.74, 6) is -1.85. The molecule has 0 unspecified atom stereocenters. The molecular formula is C20H25F2N7O. The summed E-state index contributed by atoms with van der Waals surface area (Å²) < 4.78 is 26.4. The summed E-state index contributed by atoms with van der Waals surface area (Å²) in [4.78, 5) is 17.5. The lowest BCUT2D eigenvalue weighted by molar-refractivity contribution is -0.114. The smallest absolute Gasteiger partial charge is 0.253 e. The summed E-state index contributed by atoms with van der Waals surface area (Å²) in [7, 11) is 0. The second-order valence-corrected chi connectivity index (χ2v) is 7.83. The van der Waals surface area contributed by atoms with Crippen molar-refractivity contribution in [1.29, 1.82) is 10.7 Å². The van der Waals surface area contributed by atoms with E-state index in [4.69, 9.17) is 11.1 Å². The van der Waals surface area contributed by atoms with Crippen LogP contribution in [0.1, 0.15) is 32.1 Å². The van der Waals surface area contributed by atoms with Crippen LogP contribution in [-0.2, 0) is 4.79 Å². The third-order valence-electron chi connectivity index (χ3n) is 5.76. The van der Waals surface area contributed by atoms with Gasteiger partial charge in [-0.25, -0.2) is 9.37 Å². The molecule has 1 amide bonds. The summed E-state index contributed by atoms with van der Waals surface area (Å²) in [6, 6.07) is 5.04. The van der Waals surface area contributed by atoms with Gasteiger partial charge in [-0.05, 0) is 31.7 Å². The Morgan fingerprint density at radius 1 is 1.47 bits per heavy atom. The second-order valence-electron chi connectivity index (χ2n) is 7.83. The molecule has 1 aromatic heterocycles. The SMILES string of the molecule is N#CCC1(N/C=C(\C(=N)Nc2ccnc(F)c2)C(N)=O)CCC(N2CC(F)C2)CC1. The van der Waals surface area contributed by atoms with Gasteiger partial charge >= 0.3 is 0 Å². The number of nitrogens with zero attached hydrogens (tertiary/aromatic N) is 3. The Bertz CT molecular complexity index is 868. The summed E-state index contributed by atoms with van der Waals surface area (Å²) in [6.07, 6.45) is 5.05. The first-order valence-corrected chi connectivity index (χ1v) is 9.82. The average molecular weight is 417 g/mol. The molecule has 1 saturated heterocycles. The van der Waals surface area contributed by atoms with E-state index >= 15 is 0 Å². The Morgan fingerprint density at radius 2 is 2.17 bits per heavy atom. The molecule has 0 spiro atoms. The number of halogens is 2. The van der Waals surface area contributed by atoms with Crippen molar-refractivity contribution in [1.82, 2.24) is 15.2 Å². The number of amides is 1. The lowest BCUT2D eigenvalue weighted by Crippen LogP contribution is -2.57. The minimum Gasteiger partial charge on any atom is -0.384 e. The molecule has 3 rings (SSSR count). The fourth-order valence-corrected chi connectivity index (χ4v) is 3.98. The van der Waals surface area contributed by atoms with E-state index in [9.17, 15) is 18.8 Å². The summed E-state index contributed by atoms with van der Waals surface area (Å²) in [5, 5.41) is 23.2. The number of nitriles is 1. The highest BCUT2D eigenvalue weighted by Crippen LogP contribution is 2.35. The average Bonchev–Trinajstić information content (AvgIpc) is 2.66. The Balaban J connectivity index is 1.67. The van der Waals surface area contributed by atoms with Crippen LogP contribution < -0.4 is 16.4 Å². The molecule has 0 atom stereocenters. The van der Waals surface area contributed by atoms with Crippen molar-refractivity contribution in [3.63, 3.8) is 0 Å². The monoisotopic (exact) mass is 417 g/mol. The normalized spacial score (nSPS) is 25.1. The van der Waals surface area contributed by atoms with Gasteiger partial charge in [0.15, 0.2) is 0 Å². The molecule has 5 N–H and O–H groups in total. The zero-order chi connectivity index (χ0) is 21.7. The van der Waals surface area contributed by atoms with Gasteiger partial charge in [-0.2, -0.15) is 9.65 Å². The number of pyridine rings is 1. The van der Waals surface area contributed by atoms with Crippen molar-refractivity contribution in [2.24, 2.45) is 5.73 Å². The maximum Gasteiger partial charge on any atom is 0.253 e. The molecule has 8 nitrogen and oxygen atoms in total. The third kappa shape index (κ3) is 5.10. The lowest BCUT2D eigenvalue weighted by atomic mass is 9.76. The van der Waals surface area contributed by atoms with Crippen LogP contribution in [0.25, 0.3) is 0 Å². The van der Waals surface area contributed by atoms with Gasteiger partial charge in [0, 0.05) is 48.8 Å². The molecule has 0 aromatic carbocycles. The molecule has 10 heteroatoms. The van der Waals surface area contributed by atoms with Crippen LogP contribution in [-0.4, -0.2) is 52.5 Å². The maximum absolute atomic E-state index is 13.2. The van der Waals surface area contributed by atoms with Crippen molar-refractivity contribution in [2.75, 3.05) is 18.4 Å². The van der Waals surface area contributed by atoms with Crippen LogP contribution in [0.4, 0.5) is 14.5 Å². The van der Waals surface area contributed by atoms with E-state index in [0.29, 0.717) is 32.0 Å². The summed E-state index contributed by atoms with van der Waals surface area (Å²) >= 11 is 0. The van der Waals surface area contributed by atoms with E-state index in [0.717, 1.165) is 18.9 Å². The molecule has 1 aromatic rings. The Hall–Kier alpha value is -3.06. The van der Waals surface area contributed by atoms with E-state index in [2.05, 4.69) is 26.6 Å². The first kappa shape index (κ1) is 21.6. The van der Waals surface area contributed by atoms with Crippen molar-refractivity contribution < 1.29 is 13.6 Å². The number of aromatic nitrogens is 1. The van der Waals surface area contributed by atoms with Crippen molar-refractivity contribution in [2.45, 2.75) is 49.9 Å². The number of carbonyl (C=O) groups excluding carboxylic acids is 1. The Morgan fingerprint density at radius 3 is 2.73 bits per heavy atom. The number of primary amides is 1. The number of amidine groups is 1. The largest absolute Gasteiger partial charge is 0.384 e. The summed E-state index contributed by atoms with van der Waals surface area (Å²) in [6.45, 7) is 0.932. The van der Waals surface area contributed by atoms with Gasteiger partial charge in [0.2, 0.25) is 5.95 Å². The van der Waals surface area contributed by atoms with Gasteiger partial charge in [0.25, 0.3) is 5.91 Å². The molecule has 2 heterocycles. The van der Waals surface area contributed by atoms with Crippen molar-refractivity contribution >= 4 is 17.4 Å². The first-order chi connectivity index (χ1) is 14.3. The van der Waals surface area contributed by atoms with Crippen LogP contribution in [0.2, 0.25) is 0 Å². The number of hydrogen-bond donors (Lipinski definition) is 4. The van der Waals surface area contributed by atoms with Gasteiger partial charge in [-0.3, -0.25) is 15.1 Å². The molecule has 1 saturated carbocycles. The first-order valence-electron chi connectivity index (χ1n) is 9.82.